The molecule has 1 aromatic heterocycles. The van der Waals surface area contributed by atoms with Gasteiger partial charge in [0, 0.05) is 69.5 Å². The number of hydrogen-bond acceptors (Lipinski definition) is 13. The summed E-state index contributed by atoms with van der Waals surface area (Å²) in [5.74, 6) is -6.03. The molecule has 92 heavy (non-hydrogen) atoms. The summed E-state index contributed by atoms with van der Waals surface area (Å²) in [4.78, 5) is 140. The minimum atomic E-state index is -1.35. The van der Waals surface area contributed by atoms with E-state index in [1.807, 2.05) is 31.2 Å². The van der Waals surface area contributed by atoms with Gasteiger partial charge in [0.15, 0.2) is 5.96 Å². The van der Waals surface area contributed by atoms with Crippen LogP contribution >= 0.6 is 0 Å². The first-order chi connectivity index (χ1) is 44.3. The first kappa shape index (κ1) is 77.7. The van der Waals surface area contributed by atoms with Gasteiger partial charge in [-0.15, -0.1) is 0 Å². The fourth-order valence-electron chi connectivity index (χ4n) is 10.2. The molecule has 0 saturated heterocycles. The van der Waals surface area contributed by atoms with Crippen molar-refractivity contribution in [2.75, 3.05) is 32.7 Å². The first-order valence-electron chi connectivity index (χ1n) is 33.1. The van der Waals surface area contributed by atoms with Crippen LogP contribution in [0.1, 0.15) is 187 Å². The molecule has 0 saturated carbocycles. The minimum Gasteiger partial charge on any atom is -0.370 e. The van der Waals surface area contributed by atoms with Crippen LogP contribution in [0.25, 0.3) is 10.9 Å². The van der Waals surface area contributed by atoms with Crippen molar-refractivity contribution in [3.8, 4) is 0 Å². The largest absolute Gasteiger partial charge is 0.370 e. The van der Waals surface area contributed by atoms with Gasteiger partial charge in [0.1, 0.15) is 49.0 Å². The Labute approximate surface area is 542 Å². The molecule has 0 bridgehead atoms. The number of nitrogens with one attached hydrogen (secondary N) is 11. The Morgan fingerprint density at radius 1 is 0.511 bits per heavy atom. The minimum absolute atomic E-state index is 0.000398. The zero-order valence-corrected chi connectivity index (χ0v) is 54.7. The molecule has 10 amide bonds. The summed E-state index contributed by atoms with van der Waals surface area (Å²) in [6, 6.07) is 8.90. The molecule has 2 aromatic carbocycles. The smallest absolute Gasteiger partial charge is 0.264 e. The maximum Gasteiger partial charge on any atom is 0.264 e. The lowest BCUT2D eigenvalue weighted by molar-refractivity contribution is -0.135. The Hall–Kier alpha value is -8.58. The molecule has 26 nitrogen and oxygen atoms in total. The molecule has 0 aliphatic rings. The number of amides is 10. The molecular weight excluding hydrogens is 1180 g/mol. The maximum absolute atomic E-state index is 14.6. The number of carbonyl (C=O) groups excluding carboxylic acids is 10. The summed E-state index contributed by atoms with van der Waals surface area (Å²) in [5.41, 5.74) is 21.7. The highest BCUT2D eigenvalue weighted by atomic mass is 16.2. The third kappa shape index (κ3) is 34.0. The molecule has 510 valence electrons. The molecule has 0 aliphatic carbocycles. The van der Waals surface area contributed by atoms with Crippen LogP contribution in [-0.4, -0.2) is 145 Å². The number of benzene rings is 2. The van der Waals surface area contributed by atoms with Gasteiger partial charge in [-0.05, 0) is 75.5 Å². The summed E-state index contributed by atoms with van der Waals surface area (Å²) >= 11 is 0. The number of rotatable bonds is 50. The predicted octanol–water partition coefficient (Wildman–Crippen LogP) is 3.60. The first-order valence-corrected chi connectivity index (χ1v) is 33.1. The van der Waals surface area contributed by atoms with Crippen molar-refractivity contribution in [2.45, 2.75) is 224 Å². The van der Waals surface area contributed by atoms with Crippen LogP contribution in [0.3, 0.4) is 0 Å². The number of para-hydroxylation sites is 1. The van der Waals surface area contributed by atoms with E-state index in [1.54, 1.807) is 36.5 Å². The predicted molar refractivity (Wildman–Crippen MR) is 358 cm³/mol. The Bertz CT molecular complexity index is 2790. The highest BCUT2D eigenvalue weighted by Crippen LogP contribution is 2.20. The van der Waals surface area contributed by atoms with Gasteiger partial charge < -0.3 is 75.5 Å². The average Bonchev–Trinajstić information content (AvgIpc) is 1.75. The SMILES string of the molecule is CCCCCCCCCCCCCCCC(=O)NCCCNC(=O)/C=N/NCC(=O)NCCCC[C@H](NC(=O)[C@H](C)NC(=O)[C@H](CCCC)NC(C)=O)C(=O)N[C@H](Cc1ccccc1)C(=O)N[C@@H](CCCN=C(N)N)C(=O)N[C@@H](Cc1c[nH]c2ccccc12)C(N)=O. The molecule has 0 spiro atoms. The van der Waals surface area contributed by atoms with E-state index in [-0.39, 0.29) is 70.0 Å². The van der Waals surface area contributed by atoms with Gasteiger partial charge in [0.25, 0.3) is 5.91 Å². The van der Waals surface area contributed by atoms with Crippen molar-refractivity contribution in [3.63, 3.8) is 0 Å². The van der Waals surface area contributed by atoms with Crippen LogP contribution in [-0.2, 0) is 60.8 Å². The number of guanidine groups is 1. The summed E-state index contributed by atoms with van der Waals surface area (Å²) < 4.78 is 0. The number of fused-ring (bicyclic) bond motifs is 1. The number of H-pyrrole nitrogens is 1. The van der Waals surface area contributed by atoms with Crippen LogP contribution in [0.15, 0.2) is 70.9 Å². The van der Waals surface area contributed by atoms with E-state index in [9.17, 15) is 47.9 Å². The van der Waals surface area contributed by atoms with E-state index >= 15 is 0 Å². The second-order valence-electron chi connectivity index (χ2n) is 23.4. The van der Waals surface area contributed by atoms with Crippen LogP contribution < -0.4 is 70.5 Å². The van der Waals surface area contributed by atoms with Gasteiger partial charge in [-0.1, -0.05) is 152 Å². The van der Waals surface area contributed by atoms with Gasteiger partial charge in [-0.2, -0.15) is 5.10 Å². The van der Waals surface area contributed by atoms with Crippen LogP contribution in [0, 0.1) is 0 Å². The Morgan fingerprint density at radius 3 is 1.67 bits per heavy atom. The standard InChI is InChI=1S/C66H106N16O10/c1-5-7-9-10-11-12-13-14-15-16-17-18-22-36-57(84)70-39-28-40-72-59(86)45-76-75-44-58(85)71-37-26-25-34-53(79-61(88)46(3)77-62(89)52(32-8-6-2)78-47(4)83)64(91)82-56(41-48-29-20-19-21-30-48)65(92)80-54(35-27-38-73-66(68)69)63(90)81-55(60(67)87)42-49-43-74-51-33-24-23-31-50(49)51/h19-21,23-24,29-31,33,43,45-46,52-56,74-75H,5-18,22,25-28,32,34-42,44H2,1-4H3,(H2,67,87)(H,70,84)(H,71,85)(H,72,86)(H,77,89)(H,78,83)(H,79,88)(H,80,92)(H,81,90)(H,82,91)(H4,68,69,73)/b76-45+/t46-,52-,53-,54-,55-,56+/m0/s1. The van der Waals surface area contributed by atoms with Crippen molar-refractivity contribution in [1.82, 2.24) is 58.3 Å². The van der Waals surface area contributed by atoms with Gasteiger partial charge >= 0.3 is 0 Å². The highest BCUT2D eigenvalue weighted by Gasteiger charge is 2.33. The van der Waals surface area contributed by atoms with Gasteiger partial charge in [0.05, 0.1) is 0 Å². The monoisotopic (exact) mass is 1280 g/mol. The molecule has 1 heterocycles. The zero-order chi connectivity index (χ0) is 67.3. The third-order valence-corrected chi connectivity index (χ3v) is 15.4. The summed E-state index contributed by atoms with van der Waals surface area (Å²) in [7, 11) is 0. The molecule has 3 aromatic rings. The van der Waals surface area contributed by atoms with Gasteiger partial charge in [-0.25, -0.2) is 0 Å². The summed E-state index contributed by atoms with van der Waals surface area (Å²) in [6.07, 6.45) is 22.3. The molecular formula is C66H106N16O10. The van der Waals surface area contributed by atoms with Gasteiger partial charge in [-0.3, -0.25) is 52.9 Å². The van der Waals surface area contributed by atoms with Crippen molar-refractivity contribution in [2.24, 2.45) is 27.3 Å². The Morgan fingerprint density at radius 2 is 1.03 bits per heavy atom. The van der Waals surface area contributed by atoms with Crippen molar-refractivity contribution >= 4 is 82.1 Å². The lowest BCUT2D eigenvalue weighted by Gasteiger charge is -2.27. The lowest BCUT2D eigenvalue weighted by Crippen LogP contribution is -2.59. The van der Waals surface area contributed by atoms with Crippen LogP contribution in [0.4, 0.5) is 0 Å². The quantitative estimate of drug-likeness (QED) is 0.0167. The molecule has 6 atom stereocenters. The van der Waals surface area contributed by atoms with Gasteiger partial charge in [0.2, 0.25) is 53.2 Å². The number of aromatic amines is 1. The third-order valence-electron chi connectivity index (χ3n) is 15.4. The average molecular weight is 1280 g/mol. The second kappa shape index (κ2) is 46.5. The number of carbonyl (C=O) groups is 10. The Kier molecular flexibility index (Phi) is 39.2. The van der Waals surface area contributed by atoms with E-state index in [0.717, 1.165) is 42.8 Å². The van der Waals surface area contributed by atoms with Crippen LogP contribution in [0.5, 0.6) is 0 Å². The Balaban J connectivity index is 1.62. The topological polar surface area (TPSA) is 410 Å². The van der Waals surface area contributed by atoms with E-state index in [0.29, 0.717) is 56.3 Å². The number of aromatic nitrogens is 1. The second-order valence-corrected chi connectivity index (χ2v) is 23.4. The molecule has 3 rings (SSSR count). The lowest BCUT2D eigenvalue weighted by atomic mass is 10.0. The van der Waals surface area contributed by atoms with E-state index in [4.69, 9.17) is 17.2 Å². The molecule has 26 heteroatoms. The fourth-order valence-corrected chi connectivity index (χ4v) is 10.2. The number of aliphatic imine (C=N–C) groups is 1. The number of nitrogens with zero attached hydrogens (tertiary/aromatic N) is 2. The maximum atomic E-state index is 14.6. The van der Waals surface area contributed by atoms with Crippen molar-refractivity contribution < 1.29 is 47.9 Å². The summed E-state index contributed by atoms with van der Waals surface area (Å²) in [5, 5.41) is 29.2. The number of nitrogens with two attached hydrogens (primary N) is 3. The van der Waals surface area contributed by atoms with E-state index in [1.165, 1.54) is 78.1 Å². The van der Waals surface area contributed by atoms with Crippen molar-refractivity contribution in [1.29, 1.82) is 0 Å². The number of primary amides is 1. The number of hydrogen-bond donors (Lipinski definition) is 14. The zero-order valence-electron chi connectivity index (χ0n) is 54.7. The van der Waals surface area contributed by atoms with E-state index < -0.39 is 89.4 Å². The van der Waals surface area contributed by atoms with E-state index in [2.05, 4.69) is 75.3 Å². The van der Waals surface area contributed by atoms with Crippen molar-refractivity contribution in [3.05, 3.63) is 71.9 Å². The normalized spacial score (nSPS) is 13.0. The number of hydrazone groups is 1. The fraction of sp³-hybridized carbons (Fsp3) is 0.606. The molecule has 0 unspecified atom stereocenters. The molecule has 0 aliphatic heterocycles. The highest BCUT2D eigenvalue weighted by molar-refractivity contribution is 6.26. The molecule has 0 fully saturated rings. The number of unbranched alkanes of at least 4 members (excludes halogenated alkanes) is 14. The summed E-state index contributed by atoms with van der Waals surface area (Å²) in [6.45, 7) is 7.58. The molecule has 17 N–H and O–H groups in total. The molecule has 0 radical (unpaired) electrons. The van der Waals surface area contributed by atoms with Crippen LogP contribution in [0.2, 0.25) is 0 Å².